The summed E-state index contributed by atoms with van der Waals surface area (Å²) in [5, 5.41) is 9.80. The molecule has 0 atom stereocenters. The minimum Gasteiger partial charge on any atom is -0.506 e. The van der Waals surface area contributed by atoms with Crippen LogP contribution in [0.15, 0.2) is 30.6 Å². The van der Waals surface area contributed by atoms with E-state index in [4.69, 9.17) is 16.3 Å². The molecule has 1 aromatic heterocycles. The van der Waals surface area contributed by atoms with Gasteiger partial charge in [-0.15, -0.1) is 0 Å². The Labute approximate surface area is 97.5 Å². The first-order chi connectivity index (χ1) is 7.72. The summed E-state index contributed by atoms with van der Waals surface area (Å²) in [6.45, 7) is 0. The van der Waals surface area contributed by atoms with E-state index in [1.165, 1.54) is 19.4 Å². The average Bonchev–Trinajstić information content (AvgIpc) is 2.32. The molecule has 0 bridgehead atoms. The van der Waals surface area contributed by atoms with Gasteiger partial charge in [0.15, 0.2) is 0 Å². The molecule has 2 rings (SSSR count). The Morgan fingerprint density at radius 3 is 2.69 bits per heavy atom. The smallest absolute Gasteiger partial charge is 0.240 e. The highest BCUT2D eigenvalue weighted by Crippen LogP contribution is 2.31. The van der Waals surface area contributed by atoms with E-state index in [0.717, 1.165) is 0 Å². The van der Waals surface area contributed by atoms with Crippen LogP contribution in [0.2, 0.25) is 5.02 Å². The Balaban J connectivity index is 2.54. The molecule has 0 fully saturated rings. The lowest BCUT2D eigenvalue weighted by atomic mass is 10.1. The summed E-state index contributed by atoms with van der Waals surface area (Å²) < 4.78 is 5.08. The van der Waals surface area contributed by atoms with Crippen molar-refractivity contribution in [1.82, 2.24) is 9.97 Å². The Hall–Kier alpha value is -1.81. The zero-order valence-corrected chi connectivity index (χ0v) is 9.27. The van der Waals surface area contributed by atoms with E-state index in [0.29, 0.717) is 22.2 Å². The van der Waals surface area contributed by atoms with Gasteiger partial charge in [0.1, 0.15) is 11.4 Å². The van der Waals surface area contributed by atoms with Gasteiger partial charge in [0.25, 0.3) is 0 Å². The number of hydrogen-bond donors (Lipinski definition) is 1. The minimum atomic E-state index is 0.00636. The quantitative estimate of drug-likeness (QED) is 0.871. The third-order valence-electron chi connectivity index (χ3n) is 2.08. The maximum atomic E-state index is 9.50. The topological polar surface area (TPSA) is 55.2 Å². The second-order valence-electron chi connectivity index (χ2n) is 3.08. The summed E-state index contributed by atoms with van der Waals surface area (Å²) in [5.74, 6) is 0.413. The number of nitrogens with zero attached hydrogens (tertiary/aromatic N) is 2. The Kier molecular flexibility index (Phi) is 2.92. The molecule has 0 unspecified atom stereocenters. The van der Waals surface area contributed by atoms with Gasteiger partial charge < -0.3 is 9.84 Å². The van der Waals surface area contributed by atoms with Gasteiger partial charge >= 0.3 is 0 Å². The molecular weight excluding hydrogens is 228 g/mol. The van der Waals surface area contributed by atoms with Crippen LogP contribution in [0.5, 0.6) is 11.6 Å². The van der Waals surface area contributed by atoms with E-state index >= 15 is 0 Å². The normalized spacial score (nSPS) is 10.1. The number of halogens is 1. The number of aromatic hydroxyl groups is 1. The fourth-order valence-electron chi connectivity index (χ4n) is 1.33. The molecule has 16 heavy (non-hydrogen) atoms. The number of rotatable bonds is 2. The molecule has 4 nitrogen and oxygen atoms in total. The summed E-state index contributed by atoms with van der Waals surface area (Å²) in [5.41, 5.74) is 1.27. The van der Waals surface area contributed by atoms with E-state index < -0.39 is 0 Å². The highest BCUT2D eigenvalue weighted by Gasteiger charge is 2.09. The molecule has 5 heteroatoms. The highest BCUT2D eigenvalue weighted by atomic mass is 35.5. The summed E-state index contributed by atoms with van der Waals surface area (Å²) in [6.07, 6.45) is 3.10. The van der Waals surface area contributed by atoms with Crippen molar-refractivity contribution in [1.29, 1.82) is 0 Å². The van der Waals surface area contributed by atoms with Crippen molar-refractivity contribution in [3.05, 3.63) is 35.6 Å². The fraction of sp³-hybridized carbons (Fsp3) is 0.0909. The summed E-state index contributed by atoms with van der Waals surface area (Å²) in [6, 6.07) is 4.86. The van der Waals surface area contributed by atoms with Crippen LogP contribution in [-0.4, -0.2) is 22.2 Å². The van der Waals surface area contributed by atoms with Crippen LogP contribution in [0, 0.1) is 0 Å². The minimum absolute atomic E-state index is 0.00636. The second-order valence-corrected chi connectivity index (χ2v) is 3.49. The van der Waals surface area contributed by atoms with E-state index in [2.05, 4.69) is 9.97 Å². The molecule has 0 radical (unpaired) electrons. The van der Waals surface area contributed by atoms with Crippen molar-refractivity contribution in [2.24, 2.45) is 0 Å². The molecule has 1 heterocycles. The van der Waals surface area contributed by atoms with Gasteiger partial charge in [-0.3, -0.25) is 0 Å². The summed E-state index contributed by atoms with van der Waals surface area (Å²) >= 11 is 5.72. The average molecular weight is 237 g/mol. The standard InChI is InChI=1S/C11H9ClN2O2/c1-16-11-10(13-4-5-14-11)7-2-3-8(12)9(15)6-7/h2-6,15H,1H3. The SMILES string of the molecule is COc1nccnc1-c1ccc(Cl)c(O)c1. The molecule has 0 saturated carbocycles. The van der Waals surface area contributed by atoms with Crippen LogP contribution in [0.4, 0.5) is 0 Å². The molecule has 0 aliphatic rings. The molecule has 0 spiro atoms. The molecule has 0 saturated heterocycles. The third kappa shape index (κ3) is 1.92. The van der Waals surface area contributed by atoms with Crippen molar-refractivity contribution in [3.8, 4) is 22.9 Å². The lowest BCUT2D eigenvalue weighted by Gasteiger charge is -2.06. The summed E-state index contributed by atoms with van der Waals surface area (Å²) in [7, 11) is 1.52. The van der Waals surface area contributed by atoms with Gasteiger partial charge in [-0.1, -0.05) is 17.7 Å². The van der Waals surface area contributed by atoms with Crippen molar-refractivity contribution in [3.63, 3.8) is 0 Å². The predicted molar refractivity (Wildman–Crippen MR) is 60.7 cm³/mol. The molecule has 82 valence electrons. The van der Waals surface area contributed by atoms with E-state index in [-0.39, 0.29) is 5.75 Å². The number of ether oxygens (including phenoxy) is 1. The number of benzene rings is 1. The number of aromatic nitrogens is 2. The van der Waals surface area contributed by atoms with Crippen molar-refractivity contribution in [2.75, 3.05) is 7.11 Å². The van der Waals surface area contributed by atoms with Crippen LogP contribution in [0.3, 0.4) is 0 Å². The Morgan fingerprint density at radius 2 is 2.00 bits per heavy atom. The molecule has 1 aromatic carbocycles. The molecule has 1 N–H and O–H groups in total. The van der Waals surface area contributed by atoms with Crippen LogP contribution in [0.1, 0.15) is 0 Å². The largest absolute Gasteiger partial charge is 0.506 e. The van der Waals surface area contributed by atoms with Gasteiger partial charge in [-0.05, 0) is 12.1 Å². The van der Waals surface area contributed by atoms with E-state index in [9.17, 15) is 5.11 Å². The van der Waals surface area contributed by atoms with Crippen molar-refractivity contribution >= 4 is 11.6 Å². The van der Waals surface area contributed by atoms with Crippen molar-refractivity contribution < 1.29 is 9.84 Å². The molecular formula is C11H9ClN2O2. The van der Waals surface area contributed by atoms with Crippen LogP contribution >= 0.6 is 11.6 Å². The summed E-state index contributed by atoms with van der Waals surface area (Å²) in [4.78, 5) is 8.18. The number of phenolic OH excluding ortho intramolecular Hbond substituents is 1. The first-order valence-corrected chi connectivity index (χ1v) is 4.94. The van der Waals surface area contributed by atoms with Gasteiger partial charge in [0.05, 0.1) is 12.1 Å². The van der Waals surface area contributed by atoms with Gasteiger partial charge in [0, 0.05) is 18.0 Å². The highest BCUT2D eigenvalue weighted by molar-refractivity contribution is 6.32. The number of phenols is 1. The lowest BCUT2D eigenvalue weighted by molar-refractivity contribution is 0.397. The van der Waals surface area contributed by atoms with Crippen LogP contribution < -0.4 is 4.74 Å². The van der Waals surface area contributed by atoms with E-state index in [1.807, 2.05) is 0 Å². The second kappa shape index (κ2) is 4.37. The predicted octanol–water partition coefficient (Wildman–Crippen LogP) is 2.51. The molecule has 0 aliphatic heterocycles. The maximum absolute atomic E-state index is 9.50. The third-order valence-corrected chi connectivity index (χ3v) is 2.40. The Morgan fingerprint density at radius 1 is 1.25 bits per heavy atom. The van der Waals surface area contributed by atoms with Crippen LogP contribution in [0.25, 0.3) is 11.3 Å². The monoisotopic (exact) mass is 236 g/mol. The van der Waals surface area contributed by atoms with Crippen LogP contribution in [-0.2, 0) is 0 Å². The Bertz CT molecular complexity index is 517. The van der Waals surface area contributed by atoms with Gasteiger partial charge in [0.2, 0.25) is 5.88 Å². The van der Waals surface area contributed by atoms with E-state index in [1.54, 1.807) is 18.3 Å². The lowest BCUT2D eigenvalue weighted by Crippen LogP contribution is -1.93. The zero-order chi connectivity index (χ0) is 11.5. The first kappa shape index (κ1) is 10.7. The maximum Gasteiger partial charge on any atom is 0.240 e. The first-order valence-electron chi connectivity index (χ1n) is 4.56. The number of methoxy groups -OCH3 is 1. The van der Waals surface area contributed by atoms with Gasteiger partial charge in [-0.25, -0.2) is 9.97 Å². The molecule has 2 aromatic rings. The van der Waals surface area contributed by atoms with Crippen molar-refractivity contribution in [2.45, 2.75) is 0 Å². The van der Waals surface area contributed by atoms with Gasteiger partial charge in [-0.2, -0.15) is 0 Å². The molecule has 0 amide bonds. The zero-order valence-electron chi connectivity index (χ0n) is 8.51. The molecule has 0 aliphatic carbocycles. The fourth-order valence-corrected chi connectivity index (χ4v) is 1.45. The number of hydrogen-bond acceptors (Lipinski definition) is 4.